The molecule has 0 fully saturated rings. The number of fused-ring (bicyclic) bond motifs is 1. The van der Waals surface area contributed by atoms with Gasteiger partial charge in [0.15, 0.2) is 0 Å². The van der Waals surface area contributed by atoms with Gasteiger partial charge in [0.05, 0.1) is 12.8 Å². The Labute approximate surface area is 173 Å². The van der Waals surface area contributed by atoms with E-state index in [2.05, 4.69) is 10.6 Å². The molecule has 0 spiro atoms. The van der Waals surface area contributed by atoms with Crippen molar-refractivity contribution in [3.05, 3.63) is 90.0 Å². The SMILES string of the molecule is COc1ccccc1CNC(=O)[C@]1(O)c2ccccc2NC(=O)N1c1ccccc1. The summed E-state index contributed by atoms with van der Waals surface area (Å²) in [7, 11) is 1.55. The Bertz CT molecular complexity index is 1090. The number of carbonyl (C=O) groups excluding carboxylic acids is 2. The smallest absolute Gasteiger partial charge is 0.329 e. The Morgan fingerprint density at radius 2 is 1.70 bits per heavy atom. The molecule has 152 valence electrons. The maximum absolute atomic E-state index is 13.4. The van der Waals surface area contributed by atoms with E-state index in [1.165, 1.54) is 0 Å². The van der Waals surface area contributed by atoms with Gasteiger partial charge in [-0.15, -0.1) is 0 Å². The predicted octanol–water partition coefficient (Wildman–Crippen LogP) is 3.21. The average Bonchev–Trinajstić information content (AvgIpc) is 2.78. The number of carbonyl (C=O) groups is 2. The molecular weight excluding hydrogens is 382 g/mol. The highest BCUT2D eigenvalue weighted by Gasteiger charge is 2.51. The van der Waals surface area contributed by atoms with Gasteiger partial charge in [-0.05, 0) is 24.3 Å². The van der Waals surface area contributed by atoms with Crippen LogP contribution < -0.4 is 20.3 Å². The minimum Gasteiger partial charge on any atom is -0.496 e. The molecule has 0 radical (unpaired) electrons. The zero-order valence-electron chi connectivity index (χ0n) is 16.3. The molecule has 0 aromatic heterocycles. The van der Waals surface area contributed by atoms with Gasteiger partial charge < -0.3 is 20.5 Å². The fourth-order valence-corrected chi connectivity index (χ4v) is 3.59. The number of nitrogens with zero attached hydrogens (tertiary/aromatic N) is 1. The van der Waals surface area contributed by atoms with Crippen molar-refractivity contribution in [2.24, 2.45) is 0 Å². The topological polar surface area (TPSA) is 90.9 Å². The van der Waals surface area contributed by atoms with Crippen LogP contribution in [-0.2, 0) is 17.1 Å². The van der Waals surface area contributed by atoms with Crippen LogP contribution in [0.15, 0.2) is 78.9 Å². The summed E-state index contributed by atoms with van der Waals surface area (Å²) in [6, 6.07) is 21.9. The average molecular weight is 403 g/mol. The van der Waals surface area contributed by atoms with E-state index < -0.39 is 17.7 Å². The number of hydrogen-bond donors (Lipinski definition) is 3. The van der Waals surface area contributed by atoms with Crippen LogP contribution in [0.3, 0.4) is 0 Å². The highest BCUT2D eigenvalue weighted by Crippen LogP contribution is 2.39. The van der Waals surface area contributed by atoms with E-state index in [1.54, 1.807) is 67.8 Å². The molecular formula is C23H21N3O4. The third-order valence-electron chi connectivity index (χ3n) is 5.03. The van der Waals surface area contributed by atoms with Crippen LogP contribution in [0.1, 0.15) is 11.1 Å². The van der Waals surface area contributed by atoms with Crippen LogP contribution in [0.2, 0.25) is 0 Å². The zero-order chi connectivity index (χ0) is 21.1. The number of benzene rings is 3. The van der Waals surface area contributed by atoms with Crippen molar-refractivity contribution >= 4 is 23.3 Å². The second kappa shape index (κ2) is 7.88. The summed E-state index contributed by atoms with van der Waals surface area (Å²) in [6.45, 7) is 0.123. The van der Waals surface area contributed by atoms with E-state index in [-0.39, 0.29) is 12.1 Å². The number of rotatable bonds is 5. The number of anilines is 2. The summed E-state index contributed by atoms with van der Waals surface area (Å²) in [5.74, 6) is -0.106. The highest BCUT2D eigenvalue weighted by molar-refractivity contribution is 6.11. The van der Waals surface area contributed by atoms with Crippen molar-refractivity contribution in [1.29, 1.82) is 0 Å². The molecule has 1 aliphatic heterocycles. The summed E-state index contributed by atoms with van der Waals surface area (Å²) in [4.78, 5) is 27.3. The standard InChI is InChI=1S/C23H21N3O4/c1-30-20-14-8-5-9-16(20)15-24-21(27)23(29)18-12-6-7-13-19(18)25-22(28)26(23)17-10-3-2-4-11-17/h2-14,29H,15H2,1H3,(H,24,27)(H,25,28)/t23-/m1/s1. The summed E-state index contributed by atoms with van der Waals surface area (Å²) < 4.78 is 5.32. The number of methoxy groups -OCH3 is 1. The lowest BCUT2D eigenvalue weighted by Gasteiger charge is -2.42. The number of urea groups is 1. The number of nitrogens with one attached hydrogen (secondary N) is 2. The lowest BCUT2D eigenvalue weighted by atomic mass is 9.94. The molecule has 0 bridgehead atoms. The van der Waals surface area contributed by atoms with Crippen molar-refractivity contribution < 1.29 is 19.4 Å². The molecule has 0 saturated heterocycles. The van der Waals surface area contributed by atoms with Crippen LogP contribution in [0.25, 0.3) is 0 Å². The summed E-state index contributed by atoms with van der Waals surface area (Å²) in [5.41, 5.74) is -0.436. The maximum Gasteiger partial charge on any atom is 0.329 e. The molecule has 0 saturated carbocycles. The fourth-order valence-electron chi connectivity index (χ4n) is 3.59. The lowest BCUT2D eigenvalue weighted by molar-refractivity contribution is -0.140. The summed E-state index contributed by atoms with van der Waals surface area (Å²) >= 11 is 0. The Balaban J connectivity index is 1.74. The number of ether oxygens (including phenoxy) is 1. The van der Waals surface area contributed by atoms with E-state index in [4.69, 9.17) is 4.74 Å². The molecule has 4 rings (SSSR count). The number of hydrogen-bond acceptors (Lipinski definition) is 4. The van der Waals surface area contributed by atoms with Crippen molar-refractivity contribution in [3.8, 4) is 5.75 Å². The first-order valence-electron chi connectivity index (χ1n) is 9.44. The monoisotopic (exact) mass is 403 g/mol. The van der Waals surface area contributed by atoms with Crippen molar-refractivity contribution in [2.45, 2.75) is 12.3 Å². The molecule has 1 atom stereocenters. The van der Waals surface area contributed by atoms with Crippen molar-refractivity contribution in [3.63, 3.8) is 0 Å². The molecule has 3 aromatic carbocycles. The molecule has 3 aromatic rings. The summed E-state index contributed by atoms with van der Waals surface area (Å²) in [6.07, 6.45) is 0. The predicted molar refractivity (Wildman–Crippen MR) is 113 cm³/mol. The third-order valence-corrected chi connectivity index (χ3v) is 5.03. The molecule has 30 heavy (non-hydrogen) atoms. The Hall–Kier alpha value is -3.84. The van der Waals surface area contributed by atoms with Crippen LogP contribution >= 0.6 is 0 Å². The Kier molecular flexibility index (Phi) is 5.12. The van der Waals surface area contributed by atoms with Gasteiger partial charge in [-0.1, -0.05) is 54.6 Å². The largest absolute Gasteiger partial charge is 0.496 e. The van der Waals surface area contributed by atoms with Gasteiger partial charge in [0, 0.05) is 23.4 Å². The highest BCUT2D eigenvalue weighted by atomic mass is 16.5. The van der Waals surface area contributed by atoms with Gasteiger partial charge in [-0.2, -0.15) is 0 Å². The number of amides is 3. The molecule has 7 nitrogen and oxygen atoms in total. The second-order valence-corrected chi connectivity index (χ2v) is 6.81. The molecule has 0 aliphatic carbocycles. The van der Waals surface area contributed by atoms with Gasteiger partial charge in [0.25, 0.3) is 11.6 Å². The van der Waals surface area contributed by atoms with Gasteiger partial charge in [0.2, 0.25) is 0 Å². The molecule has 3 N–H and O–H groups in total. The van der Waals surface area contributed by atoms with Crippen LogP contribution in [0.4, 0.5) is 16.2 Å². The minimum atomic E-state index is -2.23. The van der Waals surface area contributed by atoms with E-state index >= 15 is 0 Å². The van der Waals surface area contributed by atoms with Gasteiger partial charge in [0.1, 0.15) is 5.75 Å². The second-order valence-electron chi connectivity index (χ2n) is 6.81. The first-order valence-corrected chi connectivity index (χ1v) is 9.44. The van der Waals surface area contributed by atoms with E-state index in [1.807, 2.05) is 18.2 Å². The van der Waals surface area contributed by atoms with Gasteiger partial charge in [-0.25, -0.2) is 4.79 Å². The molecule has 0 unspecified atom stereocenters. The first-order chi connectivity index (χ1) is 14.6. The Morgan fingerprint density at radius 1 is 1.03 bits per heavy atom. The number of aliphatic hydroxyl groups is 1. The van der Waals surface area contributed by atoms with E-state index in [0.29, 0.717) is 17.1 Å². The minimum absolute atomic E-state index is 0.123. The fraction of sp³-hybridized carbons (Fsp3) is 0.130. The first kappa shape index (κ1) is 19.5. The zero-order valence-corrected chi connectivity index (χ0v) is 16.3. The van der Waals surface area contributed by atoms with Gasteiger partial charge >= 0.3 is 6.03 Å². The van der Waals surface area contributed by atoms with E-state index in [9.17, 15) is 14.7 Å². The molecule has 3 amide bonds. The van der Waals surface area contributed by atoms with Crippen molar-refractivity contribution in [1.82, 2.24) is 5.32 Å². The number of para-hydroxylation sites is 3. The molecule has 7 heteroatoms. The van der Waals surface area contributed by atoms with Gasteiger partial charge in [-0.3, -0.25) is 9.69 Å². The quantitative estimate of drug-likeness (QED) is 0.610. The van der Waals surface area contributed by atoms with Crippen LogP contribution in [-0.4, -0.2) is 24.2 Å². The maximum atomic E-state index is 13.4. The Morgan fingerprint density at radius 3 is 2.47 bits per heavy atom. The van der Waals surface area contributed by atoms with Crippen molar-refractivity contribution in [2.75, 3.05) is 17.3 Å². The lowest BCUT2D eigenvalue weighted by Crippen LogP contribution is -2.62. The van der Waals surface area contributed by atoms with E-state index in [0.717, 1.165) is 10.5 Å². The summed E-state index contributed by atoms with van der Waals surface area (Å²) in [5, 5.41) is 17.2. The third kappa shape index (κ3) is 3.25. The van der Waals surface area contributed by atoms with Crippen LogP contribution in [0, 0.1) is 0 Å². The molecule has 1 heterocycles. The normalized spacial score (nSPS) is 17.7. The molecule has 1 aliphatic rings. The van der Waals surface area contributed by atoms with Crippen LogP contribution in [0.5, 0.6) is 5.75 Å².